The number of fused-ring (bicyclic) bond motifs is 3. The Hall–Kier alpha value is -0.165. The highest BCUT2D eigenvalue weighted by molar-refractivity contribution is 7.55. The number of rotatable bonds is 3. The second kappa shape index (κ2) is 4.50. The van der Waals surface area contributed by atoms with Gasteiger partial charge in [-0.25, -0.2) is 0 Å². The zero-order valence-electron chi connectivity index (χ0n) is 9.35. The standard InChI is InChI=1S/C9H14BO6P/c1-14-7-4-6-8(10)16-9(7,5-15-6)2-3-17(11,12)13/h2-3,6-8H,4-5H2,1H3,(H2,11,12,13)/b3-2+/t6-,7+,8?,9+/m1/s1. The van der Waals surface area contributed by atoms with Crippen molar-refractivity contribution in [1.29, 1.82) is 0 Å². The summed E-state index contributed by atoms with van der Waals surface area (Å²) in [5, 5.41) is 0. The minimum absolute atomic E-state index is 0.181. The molecule has 0 amide bonds. The Kier molecular flexibility index (Phi) is 3.51. The molecule has 0 aromatic heterocycles. The van der Waals surface area contributed by atoms with Crippen LogP contribution in [-0.2, 0) is 18.8 Å². The third kappa shape index (κ3) is 2.65. The lowest BCUT2D eigenvalue weighted by molar-refractivity contribution is -0.273. The van der Waals surface area contributed by atoms with Gasteiger partial charge in [-0.1, -0.05) is 0 Å². The second-order valence-corrected chi connectivity index (χ2v) is 5.73. The molecule has 3 aliphatic heterocycles. The molecular formula is C9H14BO6P. The van der Waals surface area contributed by atoms with Crippen LogP contribution in [0.25, 0.3) is 0 Å². The number of hydrogen-bond donors (Lipinski definition) is 2. The lowest BCUT2D eigenvalue weighted by Crippen LogP contribution is -2.64. The van der Waals surface area contributed by atoms with Gasteiger partial charge in [0.25, 0.3) is 0 Å². The minimum Gasteiger partial charge on any atom is -0.378 e. The first-order chi connectivity index (χ1) is 7.86. The van der Waals surface area contributed by atoms with Crippen molar-refractivity contribution in [2.75, 3.05) is 13.7 Å². The molecule has 3 rings (SSSR count). The Morgan fingerprint density at radius 3 is 2.82 bits per heavy atom. The SMILES string of the molecule is [B]C1O[C@@]2(/C=C/P(=O)(O)O)CO[C@@H]1C[C@@H]2OC. The van der Waals surface area contributed by atoms with E-state index in [9.17, 15) is 4.57 Å². The fourth-order valence-electron chi connectivity index (χ4n) is 2.19. The maximum Gasteiger partial charge on any atom is 0.348 e. The summed E-state index contributed by atoms with van der Waals surface area (Å²) < 4.78 is 27.2. The summed E-state index contributed by atoms with van der Waals surface area (Å²) in [5.74, 6) is 0.806. The summed E-state index contributed by atoms with van der Waals surface area (Å²) in [6.07, 6.45) is 1.30. The summed E-state index contributed by atoms with van der Waals surface area (Å²) in [4.78, 5) is 17.7. The van der Waals surface area contributed by atoms with Gasteiger partial charge in [-0.2, -0.15) is 0 Å². The predicted molar refractivity (Wildman–Crippen MR) is 59.7 cm³/mol. The zero-order valence-corrected chi connectivity index (χ0v) is 10.2. The zero-order chi connectivity index (χ0) is 12.7. The second-order valence-electron chi connectivity index (χ2n) is 4.25. The Morgan fingerprint density at radius 2 is 2.29 bits per heavy atom. The molecule has 8 heteroatoms. The summed E-state index contributed by atoms with van der Waals surface area (Å²) >= 11 is 0. The van der Waals surface area contributed by atoms with Gasteiger partial charge in [-0.15, -0.1) is 0 Å². The largest absolute Gasteiger partial charge is 0.378 e. The van der Waals surface area contributed by atoms with Crippen LogP contribution in [0.1, 0.15) is 6.42 Å². The van der Waals surface area contributed by atoms with Crippen LogP contribution in [0.2, 0.25) is 0 Å². The molecule has 94 valence electrons. The first-order valence-corrected chi connectivity index (χ1v) is 6.88. The van der Waals surface area contributed by atoms with Gasteiger partial charge >= 0.3 is 7.60 Å². The van der Waals surface area contributed by atoms with E-state index in [1.807, 2.05) is 0 Å². The van der Waals surface area contributed by atoms with Crippen LogP contribution in [0.5, 0.6) is 0 Å². The van der Waals surface area contributed by atoms with Gasteiger partial charge in [0.05, 0.1) is 18.8 Å². The summed E-state index contributed by atoms with van der Waals surface area (Å²) in [5.41, 5.74) is -1.01. The predicted octanol–water partition coefficient (Wildman–Crippen LogP) is -0.255. The summed E-state index contributed by atoms with van der Waals surface area (Å²) in [6, 6.07) is -0.600. The van der Waals surface area contributed by atoms with Gasteiger partial charge in [0.1, 0.15) is 13.4 Å². The molecular weight excluding hydrogens is 246 g/mol. The molecule has 2 bridgehead atoms. The fraction of sp³-hybridized carbons (Fsp3) is 0.778. The number of hydrogen-bond acceptors (Lipinski definition) is 4. The minimum atomic E-state index is -4.24. The van der Waals surface area contributed by atoms with Crippen molar-refractivity contribution in [3.05, 3.63) is 11.9 Å². The van der Waals surface area contributed by atoms with Gasteiger partial charge in [0, 0.05) is 25.4 Å². The van der Waals surface area contributed by atoms with E-state index in [0.29, 0.717) is 6.42 Å². The molecule has 6 nitrogen and oxygen atoms in total. The van der Waals surface area contributed by atoms with Gasteiger partial charge in [-0.05, 0) is 6.08 Å². The molecule has 2 radical (unpaired) electrons. The highest BCUT2D eigenvalue weighted by Gasteiger charge is 2.52. The molecule has 3 aliphatic rings. The summed E-state index contributed by atoms with van der Waals surface area (Å²) in [6.45, 7) is 0.181. The Balaban J connectivity index is 2.25. The Labute approximate surface area is 101 Å². The summed E-state index contributed by atoms with van der Waals surface area (Å²) in [7, 11) is 3.01. The highest BCUT2D eigenvalue weighted by Crippen LogP contribution is 2.42. The van der Waals surface area contributed by atoms with Crippen LogP contribution in [0.4, 0.5) is 0 Å². The van der Waals surface area contributed by atoms with Gasteiger partial charge in [0.2, 0.25) is 0 Å². The van der Waals surface area contributed by atoms with Crippen LogP contribution in [0.15, 0.2) is 11.9 Å². The maximum absolute atomic E-state index is 10.9. The topological polar surface area (TPSA) is 85.2 Å². The van der Waals surface area contributed by atoms with E-state index in [4.69, 9.17) is 31.8 Å². The normalized spacial score (nSPS) is 42.2. The molecule has 0 aromatic carbocycles. The molecule has 0 spiro atoms. The molecule has 4 atom stereocenters. The molecule has 3 saturated heterocycles. The van der Waals surface area contributed by atoms with E-state index in [1.165, 1.54) is 13.2 Å². The van der Waals surface area contributed by atoms with Gasteiger partial charge in [0.15, 0.2) is 0 Å². The van der Waals surface area contributed by atoms with E-state index >= 15 is 0 Å². The van der Waals surface area contributed by atoms with E-state index in [1.54, 1.807) is 0 Å². The molecule has 17 heavy (non-hydrogen) atoms. The smallest absolute Gasteiger partial charge is 0.348 e. The highest BCUT2D eigenvalue weighted by atomic mass is 31.2. The van der Waals surface area contributed by atoms with Crippen molar-refractivity contribution in [1.82, 2.24) is 0 Å². The Morgan fingerprint density at radius 1 is 1.59 bits per heavy atom. The lowest BCUT2D eigenvalue weighted by Gasteiger charge is -2.52. The van der Waals surface area contributed by atoms with E-state index in [2.05, 4.69) is 0 Å². The monoisotopic (exact) mass is 260 g/mol. The quantitative estimate of drug-likeness (QED) is 0.537. The van der Waals surface area contributed by atoms with Crippen molar-refractivity contribution >= 4 is 15.4 Å². The van der Waals surface area contributed by atoms with Crippen LogP contribution in [0.3, 0.4) is 0 Å². The molecule has 3 fully saturated rings. The third-order valence-corrected chi connectivity index (χ3v) is 3.61. The molecule has 0 saturated carbocycles. The molecule has 0 aromatic rings. The average Bonchev–Trinajstić information content (AvgIpc) is 2.26. The van der Waals surface area contributed by atoms with Gasteiger partial charge in [-0.3, -0.25) is 4.57 Å². The van der Waals surface area contributed by atoms with Crippen LogP contribution < -0.4 is 0 Å². The number of ether oxygens (including phenoxy) is 3. The Bertz CT molecular complexity index is 368. The maximum atomic E-state index is 10.9. The van der Waals surface area contributed by atoms with Crippen molar-refractivity contribution in [2.24, 2.45) is 0 Å². The van der Waals surface area contributed by atoms with Crippen LogP contribution >= 0.6 is 7.60 Å². The lowest BCUT2D eigenvalue weighted by atomic mass is 9.78. The van der Waals surface area contributed by atoms with Crippen molar-refractivity contribution in [2.45, 2.75) is 30.2 Å². The van der Waals surface area contributed by atoms with Crippen molar-refractivity contribution < 1.29 is 28.6 Å². The third-order valence-electron chi connectivity index (χ3n) is 3.07. The van der Waals surface area contributed by atoms with Crippen molar-refractivity contribution in [3.8, 4) is 0 Å². The molecule has 2 N–H and O–H groups in total. The van der Waals surface area contributed by atoms with Crippen molar-refractivity contribution in [3.63, 3.8) is 0 Å². The average molecular weight is 260 g/mol. The molecule has 0 aliphatic carbocycles. The fourth-order valence-corrected chi connectivity index (χ4v) is 2.64. The van der Waals surface area contributed by atoms with E-state index in [-0.39, 0.29) is 18.8 Å². The van der Waals surface area contributed by atoms with Gasteiger partial charge < -0.3 is 24.0 Å². The first kappa shape index (κ1) is 13.3. The molecule has 3 heterocycles. The van der Waals surface area contributed by atoms with Crippen LogP contribution in [0, 0.1) is 0 Å². The van der Waals surface area contributed by atoms with E-state index in [0.717, 1.165) is 5.82 Å². The first-order valence-electron chi connectivity index (χ1n) is 5.20. The molecule has 1 unspecified atom stereocenters. The van der Waals surface area contributed by atoms with Crippen LogP contribution in [-0.4, -0.2) is 55.2 Å². The van der Waals surface area contributed by atoms with E-state index < -0.39 is 19.2 Å². The number of methoxy groups -OCH3 is 1.